The maximum atomic E-state index is 12.6. The third-order valence-corrected chi connectivity index (χ3v) is 9.00. The number of hydrogen-bond acceptors (Lipinski definition) is 14. The van der Waals surface area contributed by atoms with E-state index in [-0.39, 0.29) is 53.3 Å². The molecule has 1 fully saturated rings. The maximum absolute atomic E-state index is 12.6. The number of aromatic hydroxyl groups is 3. The summed E-state index contributed by atoms with van der Waals surface area (Å²) < 4.78 is 32.8. The van der Waals surface area contributed by atoms with Crippen LogP contribution in [0.2, 0.25) is 0 Å². The van der Waals surface area contributed by atoms with Gasteiger partial charge in [-0.1, -0.05) is 6.07 Å². The molecule has 3 aromatic rings. The standard InChI is InChI=1S/C34H40O14/c1-43-25-7-5-17(9-23(25)37)33(42)46-15-28-30(39)31(40)32(41)34(48-28)47-14-21-19(13-35)8-18-11-27(45-3)24(38)12-20(18)29(21)16-4-6-22(36)26(10-16)44-2/h4-7,9-12,19,21,28-32,34-41H,8,13-15H2,1-3H3/t19-,21-,28-,29-,30-,31+,32-,34-/m1/s1. The number of phenols is 3. The van der Waals surface area contributed by atoms with Crippen LogP contribution in [0.15, 0.2) is 48.5 Å². The molecular weight excluding hydrogens is 632 g/mol. The molecule has 0 radical (unpaired) electrons. The smallest absolute Gasteiger partial charge is 0.338 e. The lowest BCUT2D eigenvalue weighted by Gasteiger charge is -2.43. The van der Waals surface area contributed by atoms with Crippen LogP contribution in [0, 0.1) is 11.8 Å². The second-order valence-electron chi connectivity index (χ2n) is 11.8. The Kier molecular flexibility index (Phi) is 10.8. The Hall–Kier alpha value is -4.31. The van der Waals surface area contributed by atoms with Gasteiger partial charge in [0.1, 0.15) is 31.0 Å². The average molecular weight is 673 g/mol. The molecule has 0 bridgehead atoms. The predicted molar refractivity (Wildman–Crippen MR) is 167 cm³/mol. The van der Waals surface area contributed by atoms with Crippen LogP contribution in [0.1, 0.15) is 33.0 Å². The van der Waals surface area contributed by atoms with Crippen LogP contribution >= 0.6 is 0 Å². The lowest BCUT2D eigenvalue weighted by atomic mass is 9.67. The second-order valence-corrected chi connectivity index (χ2v) is 11.8. The van der Waals surface area contributed by atoms with Gasteiger partial charge in [-0.05, 0) is 77.4 Å². The first-order chi connectivity index (χ1) is 23.0. The fourth-order valence-electron chi connectivity index (χ4n) is 6.40. The van der Waals surface area contributed by atoms with Crippen LogP contribution in [0.3, 0.4) is 0 Å². The molecule has 8 atom stereocenters. The van der Waals surface area contributed by atoms with Gasteiger partial charge in [-0.25, -0.2) is 4.79 Å². The molecule has 14 heteroatoms. The molecule has 0 aromatic heterocycles. The number of hydrogen-bond donors (Lipinski definition) is 7. The molecule has 3 aromatic carbocycles. The summed E-state index contributed by atoms with van der Waals surface area (Å²) in [6.45, 7) is -0.908. The first kappa shape index (κ1) is 35.0. The minimum Gasteiger partial charge on any atom is -0.504 e. The molecule has 1 saturated heterocycles. The minimum atomic E-state index is -1.72. The van der Waals surface area contributed by atoms with Gasteiger partial charge in [0, 0.05) is 12.5 Å². The summed E-state index contributed by atoms with van der Waals surface area (Å²) >= 11 is 0. The van der Waals surface area contributed by atoms with Crippen LogP contribution in [0.5, 0.6) is 34.5 Å². The van der Waals surface area contributed by atoms with Gasteiger partial charge in [0.05, 0.1) is 33.5 Å². The van der Waals surface area contributed by atoms with Crippen molar-refractivity contribution in [2.75, 3.05) is 41.2 Å². The van der Waals surface area contributed by atoms with Crippen molar-refractivity contribution in [2.45, 2.75) is 43.0 Å². The Morgan fingerprint density at radius 1 is 0.792 bits per heavy atom. The fraction of sp³-hybridized carbons (Fsp3) is 0.441. The predicted octanol–water partition coefficient (Wildman–Crippen LogP) is 1.42. The largest absolute Gasteiger partial charge is 0.504 e. The number of esters is 1. The SMILES string of the molecule is COc1ccc(C(=O)OC[C@H]2O[C@@H](OC[C@@H]3[C@@H](CO)Cc4cc(OC)c(O)cc4[C@H]3c3ccc(O)c(OC)c3)[C@H](O)[C@@H](O)[C@@H]2O)cc1O. The van der Waals surface area contributed by atoms with E-state index >= 15 is 0 Å². The zero-order chi connectivity index (χ0) is 34.7. The number of carbonyl (C=O) groups is 1. The summed E-state index contributed by atoms with van der Waals surface area (Å²) in [6.07, 6.45) is -7.44. The Morgan fingerprint density at radius 3 is 2.15 bits per heavy atom. The molecule has 0 unspecified atom stereocenters. The zero-order valence-corrected chi connectivity index (χ0v) is 26.6. The molecule has 14 nitrogen and oxygen atoms in total. The molecule has 260 valence electrons. The van der Waals surface area contributed by atoms with Crippen molar-refractivity contribution in [1.29, 1.82) is 0 Å². The fourth-order valence-corrected chi connectivity index (χ4v) is 6.40. The highest BCUT2D eigenvalue weighted by molar-refractivity contribution is 5.90. The number of rotatable bonds is 11. The van der Waals surface area contributed by atoms with E-state index in [0.29, 0.717) is 17.5 Å². The highest BCUT2D eigenvalue weighted by Crippen LogP contribution is 2.48. The summed E-state index contributed by atoms with van der Waals surface area (Å²) in [5.41, 5.74) is 2.21. The molecule has 5 rings (SSSR count). The summed E-state index contributed by atoms with van der Waals surface area (Å²) in [5.74, 6) is -2.09. The van der Waals surface area contributed by atoms with Gasteiger partial charge < -0.3 is 64.2 Å². The van der Waals surface area contributed by atoms with Crippen molar-refractivity contribution >= 4 is 5.97 Å². The number of fused-ring (bicyclic) bond motifs is 1. The average Bonchev–Trinajstić information content (AvgIpc) is 3.09. The van der Waals surface area contributed by atoms with E-state index in [1.807, 2.05) is 0 Å². The first-order valence-corrected chi connectivity index (χ1v) is 15.2. The minimum absolute atomic E-state index is 0.000155. The number of aliphatic hydroxyl groups is 4. The normalized spacial score (nSPS) is 26.7. The zero-order valence-electron chi connectivity index (χ0n) is 26.6. The molecule has 0 spiro atoms. The Morgan fingerprint density at radius 2 is 1.48 bits per heavy atom. The number of phenolic OH excluding ortho intramolecular Hbond substituents is 3. The summed E-state index contributed by atoms with van der Waals surface area (Å²) in [5, 5.41) is 73.6. The quantitative estimate of drug-likeness (QED) is 0.144. The molecule has 0 amide bonds. The van der Waals surface area contributed by atoms with Gasteiger partial charge >= 0.3 is 5.97 Å². The molecule has 48 heavy (non-hydrogen) atoms. The van der Waals surface area contributed by atoms with Crippen molar-refractivity contribution in [3.05, 3.63) is 70.8 Å². The van der Waals surface area contributed by atoms with Crippen molar-refractivity contribution in [2.24, 2.45) is 11.8 Å². The van der Waals surface area contributed by atoms with E-state index < -0.39 is 61.0 Å². The topological polar surface area (TPSA) is 214 Å². The molecular formula is C34H40O14. The number of benzene rings is 3. The Bertz CT molecular complexity index is 1590. The van der Waals surface area contributed by atoms with E-state index in [0.717, 1.165) is 11.6 Å². The van der Waals surface area contributed by atoms with Crippen LogP contribution in [0.25, 0.3) is 0 Å². The molecule has 2 aliphatic rings. The van der Waals surface area contributed by atoms with E-state index in [1.54, 1.807) is 24.3 Å². The van der Waals surface area contributed by atoms with Crippen LogP contribution in [-0.4, -0.2) is 114 Å². The monoisotopic (exact) mass is 672 g/mol. The third kappa shape index (κ3) is 6.95. The number of ether oxygens (including phenoxy) is 6. The van der Waals surface area contributed by atoms with Gasteiger partial charge in [-0.2, -0.15) is 0 Å². The Labute approximate surface area is 276 Å². The van der Waals surface area contributed by atoms with E-state index in [1.165, 1.54) is 39.5 Å². The number of methoxy groups -OCH3 is 3. The molecule has 0 saturated carbocycles. The van der Waals surface area contributed by atoms with Gasteiger partial charge in [0.15, 0.2) is 40.8 Å². The summed E-state index contributed by atoms with van der Waals surface area (Å²) in [6, 6.07) is 12.0. The molecule has 7 N–H and O–H groups in total. The van der Waals surface area contributed by atoms with Gasteiger partial charge in [0.25, 0.3) is 0 Å². The van der Waals surface area contributed by atoms with Crippen LogP contribution in [0.4, 0.5) is 0 Å². The highest BCUT2D eigenvalue weighted by Gasteiger charge is 2.46. The van der Waals surface area contributed by atoms with E-state index in [4.69, 9.17) is 28.4 Å². The van der Waals surface area contributed by atoms with Crippen molar-refractivity contribution < 1.29 is 69.0 Å². The van der Waals surface area contributed by atoms with Gasteiger partial charge in [-0.3, -0.25) is 0 Å². The lowest BCUT2D eigenvalue weighted by Crippen LogP contribution is -2.59. The summed E-state index contributed by atoms with van der Waals surface area (Å²) in [4.78, 5) is 12.6. The van der Waals surface area contributed by atoms with E-state index in [2.05, 4.69) is 0 Å². The third-order valence-electron chi connectivity index (χ3n) is 9.00. The van der Waals surface area contributed by atoms with Gasteiger partial charge in [-0.15, -0.1) is 0 Å². The van der Waals surface area contributed by atoms with Crippen molar-refractivity contribution in [3.63, 3.8) is 0 Å². The number of aliphatic hydroxyl groups excluding tert-OH is 4. The molecule has 1 heterocycles. The lowest BCUT2D eigenvalue weighted by molar-refractivity contribution is -0.304. The second kappa shape index (κ2) is 14.8. The van der Waals surface area contributed by atoms with E-state index in [9.17, 15) is 40.5 Å². The number of carbonyl (C=O) groups excluding carboxylic acids is 1. The highest BCUT2D eigenvalue weighted by atomic mass is 16.7. The molecule has 1 aliphatic heterocycles. The Balaban J connectivity index is 1.38. The van der Waals surface area contributed by atoms with Crippen LogP contribution in [-0.2, 0) is 20.6 Å². The van der Waals surface area contributed by atoms with Crippen molar-refractivity contribution in [3.8, 4) is 34.5 Å². The molecule has 1 aliphatic carbocycles. The van der Waals surface area contributed by atoms with Crippen LogP contribution < -0.4 is 14.2 Å². The first-order valence-electron chi connectivity index (χ1n) is 15.2. The maximum Gasteiger partial charge on any atom is 0.338 e. The van der Waals surface area contributed by atoms with Crippen molar-refractivity contribution in [1.82, 2.24) is 0 Å². The van der Waals surface area contributed by atoms with Gasteiger partial charge in [0.2, 0.25) is 0 Å². The summed E-state index contributed by atoms with van der Waals surface area (Å²) in [7, 11) is 4.21.